The van der Waals surface area contributed by atoms with Crippen LogP contribution in [0.25, 0.3) is 0 Å². The molecule has 0 saturated carbocycles. The van der Waals surface area contributed by atoms with Gasteiger partial charge in [-0.05, 0) is 37.5 Å². The van der Waals surface area contributed by atoms with Crippen LogP contribution in [0.3, 0.4) is 0 Å². The zero-order chi connectivity index (χ0) is 26.1. The highest BCUT2D eigenvalue weighted by Crippen LogP contribution is 2.39. The van der Waals surface area contributed by atoms with E-state index in [1.807, 2.05) is 30.3 Å². The van der Waals surface area contributed by atoms with Crippen LogP contribution in [0.1, 0.15) is 35.7 Å². The molecule has 2 aromatic carbocycles. The van der Waals surface area contributed by atoms with Gasteiger partial charge in [-0.25, -0.2) is 0 Å². The van der Waals surface area contributed by atoms with E-state index in [2.05, 4.69) is 0 Å². The number of likely N-dealkylation sites (N-methyl/N-ethyl adjacent to an activating group) is 1. The second-order valence-corrected chi connectivity index (χ2v) is 8.58. The Morgan fingerprint density at radius 2 is 1.72 bits per heavy atom. The first-order chi connectivity index (χ1) is 17.4. The van der Waals surface area contributed by atoms with Gasteiger partial charge in [-0.15, -0.1) is 0 Å². The highest BCUT2D eigenvalue weighted by atomic mass is 16.5. The molecule has 1 aliphatic heterocycles. The van der Waals surface area contributed by atoms with Gasteiger partial charge in [0.15, 0.2) is 11.5 Å². The van der Waals surface area contributed by atoms with E-state index in [1.165, 1.54) is 19.1 Å². The van der Waals surface area contributed by atoms with Crippen molar-refractivity contribution in [2.75, 3.05) is 47.5 Å². The number of methoxy groups -OCH3 is 2. The molecule has 36 heavy (non-hydrogen) atoms. The third kappa shape index (κ3) is 6.68. The van der Waals surface area contributed by atoms with Gasteiger partial charge in [0, 0.05) is 25.7 Å². The van der Waals surface area contributed by atoms with Gasteiger partial charge >= 0.3 is 5.97 Å². The zero-order valence-corrected chi connectivity index (χ0v) is 21.3. The lowest BCUT2D eigenvalue weighted by molar-refractivity contribution is -0.151. The Labute approximate surface area is 211 Å². The molecule has 9 heteroatoms. The fraction of sp³-hybridized carbons (Fsp3) is 0.444. The van der Waals surface area contributed by atoms with Crippen molar-refractivity contribution in [2.24, 2.45) is 5.92 Å². The molecule has 0 spiro atoms. The van der Waals surface area contributed by atoms with E-state index in [1.54, 1.807) is 31.0 Å². The third-order valence-corrected chi connectivity index (χ3v) is 6.05. The van der Waals surface area contributed by atoms with Crippen LogP contribution in [0.4, 0.5) is 0 Å². The lowest BCUT2D eigenvalue weighted by Crippen LogP contribution is -2.47. The number of nitrogens with zero attached hydrogens (tertiary/aromatic N) is 2. The monoisotopic (exact) mass is 498 g/mol. The number of esters is 1. The van der Waals surface area contributed by atoms with Crippen molar-refractivity contribution in [2.45, 2.75) is 26.4 Å². The maximum atomic E-state index is 13.2. The summed E-state index contributed by atoms with van der Waals surface area (Å²) in [4.78, 5) is 41.1. The molecule has 1 aliphatic rings. The van der Waals surface area contributed by atoms with E-state index < -0.39 is 0 Å². The molecular formula is C27H34N2O7. The summed E-state index contributed by atoms with van der Waals surface area (Å²) < 4.78 is 22.0. The van der Waals surface area contributed by atoms with Crippen LogP contribution in [-0.2, 0) is 20.9 Å². The summed E-state index contributed by atoms with van der Waals surface area (Å²) in [5.74, 6) is -0.121. The molecule has 0 N–H and O–H groups in total. The van der Waals surface area contributed by atoms with E-state index >= 15 is 0 Å². The second kappa shape index (κ2) is 12.8. The summed E-state index contributed by atoms with van der Waals surface area (Å²) in [6.07, 6.45) is 1.40. The molecule has 1 atom stereocenters. The lowest BCUT2D eigenvalue weighted by Gasteiger charge is -2.32. The molecule has 1 saturated heterocycles. The van der Waals surface area contributed by atoms with Crippen LogP contribution >= 0.6 is 0 Å². The van der Waals surface area contributed by atoms with Crippen molar-refractivity contribution >= 4 is 17.8 Å². The predicted molar refractivity (Wildman–Crippen MR) is 133 cm³/mol. The van der Waals surface area contributed by atoms with Crippen LogP contribution in [0, 0.1) is 5.92 Å². The molecule has 0 bridgehead atoms. The molecule has 0 radical (unpaired) electrons. The highest BCUT2D eigenvalue weighted by molar-refractivity contribution is 5.97. The molecule has 1 fully saturated rings. The van der Waals surface area contributed by atoms with Crippen LogP contribution in [0.5, 0.6) is 17.2 Å². The summed E-state index contributed by atoms with van der Waals surface area (Å²) in [6.45, 7) is 3.10. The van der Waals surface area contributed by atoms with Crippen LogP contribution < -0.4 is 14.2 Å². The van der Waals surface area contributed by atoms with E-state index in [0.717, 1.165) is 5.56 Å². The smallest absolute Gasteiger partial charge is 0.310 e. The van der Waals surface area contributed by atoms with E-state index in [0.29, 0.717) is 62.0 Å². The number of hydrogen-bond acceptors (Lipinski definition) is 7. The Balaban J connectivity index is 1.69. The second-order valence-electron chi connectivity index (χ2n) is 8.58. The topological polar surface area (TPSA) is 94.6 Å². The van der Waals surface area contributed by atoms with Gasteiger partial charge in [0.2, 0.25) is 11.7 Å². The summed E-state index contributed by atoms with van der Waals surface area (Å²) >= 11 is 0. The zero-order valence-electron chi connectivity index (χ0n) is 21.3. The summed E-state index contributed by atoms with van der Waals surface area (Å²) in [5.41, 5.74) is 1.28. The molecule has 2 amide bonds. The Kier molecular flexibility index (Phi) is 9.55. The minimum atomic E-state index is -0.367. The molecular weight excluding hydrogens is 464 g/mol. The lowest BCUT2D eigenvalue weighted by atomic mass is 9.98. The maximum Gasteiger partial charge on any atom is 0.310 e. The van der Waals surface area contributed by atoms with E-state index in [4.69, 9.17) is 18.9 Å². The van der Waals surface area contributed by atoms with Gasteiger partial charge in [-0.1, -0.05) is 30.3 Å². The third-order valence-electron chi connectivity index (χ3n) is 6.05. The summed E-state index contributed by atoms with van der Waals surface area (Å²) in [5, 5.41) is 0. The fourth-order valence-corrected chi connectivity index (χ4v) is 4.13. The molecule has 1 heterocycles. The van der Waals surface area contributed by atoms with Crippen LogP contribution in [-0.4, -0.2) is 75.1 Å². The van der Waals surface area contributed by atoms with Crippen molar-refractivity contribution < 1.29 is 33.3 Å². The van der Waals surface area contributed by atoms with Gasteiger partial charge < -0.3 is 28.7 Å². The van der Waals surface area contributed by atoms with E-state index in [-0.39, 0.29) is 30.2 Å². The standard InChI is InChI=1S/C27H34N2O7/c1-5-35-27(32)20-12-9-13-29(16-20)24(30)17-28(2)26(31)21-14-22(33-3)25(23(15-21)34-4)36-18-19-10-7-6-8-11-19/h6-8,10-11,14-15,20H,5,9,12-13,16-18H2,1-4H3. The number of likely N-dealkylation sites (tertiary alicyclic amines) is 1. The van der Waals surface area contributed by atoms with Gasteiger partial charge in [-0.3, -0.25) is 14.4 Å². The minimum Gasteiger partial charge on any atom is -0.493 e. The van der Waals surface area contributed by atoms with Crippen molar-refractivity contribution in [1.82, 2.24) is 9.80 Å². The molecule has 1 unspecified atom stereocenters. The van der Waals surface area contributed by atoms with Crippen LogP contribution in [0.2, 0.25) is 0 Å². The first-order valence-corrected chi connectivity index (χ1v) is 12.0. The Morgan fingerprint density at radius 1 is 1.06 bits per heavy atom. The number of carbonyl (C=O) groups is 3. The van der Waals surface area contributed by atoms with Gasteiger partial charge in [-0.2, -0.15) is 0 Å². The number of hydrogen-bond donors (Lipinski definition) is 0. The fourth-order valence-electron chi connectivity index (χ4n) is 4.13. The number of piperidine rings is 1. The first-order valence-electron chi connectivity index (χ1n) is 12.0. The quantitative estimate of drug-likeness (QED) is 0.465. The number of carbonyl (C=O) groups excluding carboxylic acids is 3. The molecule has 9 nitrogen and oxygen atoms in total. The molecule has 3 rings (SSSR count). The minimum absolute atomic E-state index is 0.120. The Morgan fingerprint density at radius 3 is 2.33 bits per heavy atom. The number of ether oxygens (including phenoxy) is 4. The largest absolute Gasteiger partial charge is 0.493 e. The highest BCUT2D eigenvalue weighted by Gasteiger charge is 2.30. The van der Waals surface area contributed by atoms with Gasteiger partial charge in [0.25, 0.3) is 5.91 Å². The first kappa shape index (κ1) is 26.8. The number of benzene rings is 2. The van der Waals surface area contributed by atoms with Crippen molar-refractivity contribution in [1.29, 1.82) is 0 Å². The Bertz CT molecular complexity index is 1030. The molecule has 2 aromatic rings. The van der Waals surface area contributed by atoms with Crippen molar-refractivity contribution in [3.63, 3.8) is 0 Å². The predicted octanol–water partition coefficient (Wildman–Crippen LogP) is 3.16. The van der Waals surface area contributed by atoms with Gasteiger partial charge in [0.05, 0.1) is 33.3 Å². The number of amides is 2. The Hall–Kier alpha value is -3.75. The normalized spacial score (nSPS) is 15.1. The molecule has 0 aliphatic carbocycles. The summed E-state index contributed by atoms with van der Waals surface area (Å²) in [7, 11) is 4.54. The van der Waals surface area contributed by atoms with E-state index in [9.17, 15) is 14.4 Å². The SMILES string of the molecule is CCOC(=O)C1CCCN(C(=O)CN(C)C(=O)c2cc(OC)c(OCc3ccccc3)c(OC)c2)C1. The summed E-state index contributed by atoms with van der Waals surface area (Å²) in [6, 6.07) is 12.8. The van der Waals surface area contributed by atoms with Crippen LogP contribution in [0.15, 0.2) is 42.5 Å². The van der Waals surface area contributed by atoms with Crippen molar-refractivity contribution in [3.8, 4) is 17.2 Å². The number of rotatable bonds is 10. The maximum absolute atomic E-state index is 13.2. The molecule has 0 aromatic heterocycles. The van der Waals surface area contributed by atoms with Gasteiger partial charge in [0.1, 0.15) is 6.61 Å². The van der Waals surface area contributed by atoms with Crippen molar-refractivity contribution in [3.05, 3.63) is 53.6 Å². The average molecular weight is 499 g/mol. The molecule has 194 valence electrons. The average Bonchev–Trinajstić information content (AvgIpc) is 2.91.